The standard InChI is InChI=1S/C13H14F2N2S/c1-9-17-13(8-18-9)2-3-16-7-10-4-11(14)6-12(15)5-10/h4-6,8,16H,2-3,7H2,1H3. The molecule has 0 unspecified atom stereocenters. The summed E-state index contributed by atoms with van der Waals surface area (Å²) >= 11 is 1.62. The zero-order chi connectivity index (χ0) is 13.0. The van der Waals surface area contributed by atoms with Crippen LogP contribution >= 0.6 is 11.3 Å². The number of hydrogen-bond donors (Lipinski definition) is 1. The number of rotatable bonds is 5. The van der Waals surface area contributed by atoms with Crippen LogP contribution in [0.15, 0.2) is 23.6 Å². The number of aryl methyl sites for hydroxylation is 1. The lowest BCUT2D eigenvalue weighted by Crippen LogP contribution is -2.17. The lowest BCUT2D eigenvalue weighted by atomic mass is 10.2. The van der Waals surface area contributed by atoms with Crippen molar-refractivity contribution in [2.24, 2.45) is 0 Å². The van der Waals surface area contributed by atoms with Gasteiger partial charge in [-0.3, -0.25) is 0 Å². The fourth-order valence-corrected chi connectivity index (χ4v) is 2.33. The second-order valence-corrected chi connectivity index (χ2v) is 5.12. The number of benzene rings is 1. The first-order valence-corrected chi connectivity index (χ1v) is 6.58. The molecule has 18 heavy (non-hydrogen) atoms. The Labute approximate surface area is 109 Å². The average molecular weight is 268 g/mol. The Morgan fingerprint density at radius 2 is 1.94 bits per heavy atom. The first kappa shape index (κ1) is 13.1. The van der Waals surface area contributed by atoms with E-state index in [2.05, 4.69) is 10.3 Å². The quantitative estimate of drug-likeness (QED) is 0.843. The van der Waals surface area contributed by atoms with E-state index in [1.54, 1.807) is 11.3 Å². The van der Waals surface area contributed by atoms with Crippen LogP contribution in [0, 0.1) is 18.6 Å². The van der Waals surface area contributed by atoms with E-state index in [0.29, 0.717) is 12.1 Å². The summed E-state index contributed by atoms with van der Waals surface area (Å²) in [7, 11) is 0. The number of nitrogens with one attached hydrogen (secondary N) is 1. The lowest BCUT2D eigenvalue weighted by molar-refractivity contribution is 0.575. The molecule has 0 spiro atoms. The van der Waals surface area contributed by atoms with Crippen molar-refractivity contribution in [2.75, 3.05) is 6.54 Å². The van der Waals surface area contributed by atoms with Crippen molar-refractivity contribution in [3.05, 3.63) is 51.5 Å². The summed E-state index contributed by atoms with van der Waals surface area (Å²) in [6.07, 6.45) is 0.822. The van der Waals surface area contributed by atoms with Gasteiger partial charge >= 0.3 is 0 Å². The number of halogens is 2. The van der Waals surface area contributed by atoms with Crippen LogP contribution in [-0.2, 0) is 13.0 Å². The Kier molecular flexibility index (Phi) is 4.38. The maximum absolute atomic E-state index is 12.9. The minimum absolute atomic E-state index is 0.456. The third-order valence-electron chi connectivity index (χ3n) is 2.48. The molecule has 2 rings (SSSR count). The summed E-state index contributed by atoms with van der Waals surface area (Å²) in [4.78, 5) is 4.34. The highest BCUT2D eigenvalue weighted by Crippen LogP contribution is 2.09. The van der Waals surface area contributed by atoms with Crippen LogP contribution < -0.4 is 5.32 Å². The molecule has 0 aliphatic heterocycles. The second kappa shape index (κ2) is 6.02. The van der Waals surface area contributed by atoms with Crippen LogP contribution in [0.5, 0.6) is 0 Å². The van der Waals surface area contributed by atoms with Crippen LogP contribution in [0.1, 0.15) is 16.3 Å². The monoisotopic (exact) mass is 268 g/mol. The number of thiazole rings is 1. The van der Waals surface area contributed by atoms with Crippen LogP contribution in [0.3, 0.4) is 0 Å². The maximum Gasteiger partial charge on any atom is 0.126 e. The zero-order valence-electron chi connectivity index (χ0n) is 10.0. The van der Waals surface area contributed by atoms with E-state index in [1.807, 2.05) is 12.3 Å². The molecule has 96 valence electrons. The molecule has 5 heteroatoms. The molecule has 2 nitrogen and oxygen atoms in total. The molecule has 0 aliphatic rings. The van der Waals surface area contributed by atoms with E-state index in [1.165, 1.54) is 12.1 Å². The van der Waals surface area contributed by atoms with E-state index in [0.717, 1.165) is 29.7 Å². The Morgan fingerprint density at radius 3 is 2.56 bits per heavy atom. The fraction of sp³-hybridized carbons (Fsp3) is 0.308. The van der Waals surface area contributed by atoms with E-state index < -0.39 is 11.6 Å². The van der Waals surface area contributed by atoms with E-state index in [4.69, 9.17) is 0 Å². The molecule has 0 atom stereocenters. The highest BCUT2D eigenvalue weighted by Gasteiger charge is 2.01. The average Bonchev–Trinajstić information content (AvgIpc) is 2.69. The van der Waals surface area contributed by atoms with E-state index in [-0.39, 0.29) is 0 Å². The summed E-state index contributed by atoms with van der Waals surface area (Å²) < 4.78 is 25.9. The van der Waals surface area contributed by atoms with Gasteiger partial charge in [-0.1, -0.05) is 0 Å². The van der Waals surface area contributed by atoms with Gasteiger partial charge in [0.1, 0.15) is 11.6 Å². The van der Waals surface area contributed by atoms with Crippen LogP contribution in [0.25, 0.3) is 0 Å². The third-order valence-corrected chi connectivity index (χ3v) is 3.30. The molecular formula is C13H14F2N2S. The van der Waals surface area contributed by atoms with Crippen molar-refractivity contribution in [2.45, 2.75) is 19.9 Å². The minimum Gasteiger partial charge on any atom is -0.312 e. The van der Waals surface area contributed by atoms with Crippen molar-refractivity contribution in [1.82, 2.24) is 10.3 Å². The van der Waals surface area contributed by atoms with Crippen LogP contribution in [0.2, 0.25) is 0 Å². The van der Waals surface area contributed by atoms with Gasteiger partial charge in [0, 0.05) is 31.0 Å². The summed E-state index contributed by atoms with van der Waals surface area (Å²) in [5, 5.41) is 6.22. The lowest BCUT2D eigenvalue weighted by Gasteiger charge is -2.04. The van der Waals surface area contributed by atoms with Crippen molar-refractivity contribution < 1.29 is 8.78 Å². The molecule has 0 saturated carbocycles. The van der Waals surface area contributed by atoms with Gasteiger partial charge in [-0.05, 0) is 24.6 Å². The van der Waals surface area contributed by atoms with Crippen molar-refractivity contribution in [1.29, 1.82) is 0 Å². The fourth-order valence-electron chi connectivity index (χ4n) is 1.69. The van der Waals surface area contributed by atoms with Crippen molar-refractivity contribution in [3.63, 3.8) is 0 Å². The van der Waals surface area contributed by atoms with Gasteiger partial charge in [0.2, 0.25) is 0 Å². The number of hydrogen-bond acceptors (Lipinski definition) is 3. The topological polar surface area (TPSA) is 24.9 Å². The highest BCUT2D eigenvalue weighted by molar-refractivity contribution is 7.09. The van der Waals surface area contributed by atoms with Gasteiger partial charge in [-0.25, -0.2) is 13.8 Å². The summed E-state index contributed by atoms with van der Waals surface area (Å²) in [6, 6.07) is 3.55. The smallest absolute Gasteiger partial charge is 0.126 e. The normalized spacial score (nSPS) is 10.8. The minimum atomic E-state index is -0.540. The van der Waals surface area contributed by atoms with Gasteiger partial charge in [-0.15, -0.1) is 11.3 Å². The molecule has 0 radical (unpaired) electrons. The first-order chi connectivity index (χ1) is 8.63. The van der Waals surface area contributed by atoms with Gasteiger partial charge in [0.25, 0.3) is 0 Å². The predicted molar refractivity (Wildman–Crippen MR) is 68.6 cm³/mol. The highest BCUT2D eigenvalue weighted by atomic mass is 32.1. The number of nitrogens with zero attached hydrogens (tertiary/aromatic N) is 1. The van der Waals surface area contributed by atoms with E-state index >= 15 is 0 Å². The Morgan fingerprint density at radius 1 is 1.22 bits per heavy atom. The SMILES string of the molecule is Cc1nc(CCNCc2cc(F)cc(F)c2)cs1. The third kappa shape index (κ3) is 3.85. The summed E-state index contributed by atoms with van der Waals surface area (Å²) in [5.41, 5.74) is 1.66. The predicted octanol–water partition coefficient (Wildman–Crippen LogP) is 3.06. The van der Waals surface area contributed by atoms with Crippen molar-refractivity contribution in [3.8, 4) is 0 Å². The summed E-state index contributed by atoms with van der Waals surface area (Å²) in [6.45, 7) is 3.16. The number of aromatic nitrogens is 1. The molecule has 2 aromatic rings. The van der Waals surface area contributed by atoms with Gasteiger partial charge in [0.15, 0.2) is 0 Å². The zero-order valence-corrected chi connectivity index (χ0v) is 10.9. The Balaban J connectivity index is 1.78. The first-order valence-electron chi connectivity index (χ1n) is 5.70. The van der Waals surface area contributed by atoms with Gasteiger partial charge in [-0.2, -0.15) is 0 Å². The van der Waals surface area contributed by atoms with Crippen LogP contribution in [-0.4, -0.2) is 11.5 Å². The molecular weight excluding hydrogens is 254 g/mol. The van der Waals surface area contributed by atoms with E-state index in [9.17, 15) is 8.78 Å². The molecule has 1 aromatic carbocycles. The summed E-state index contributed by atoms with van der Waals surface area (Å²) in [5.74, 6) is -1.08. The van der Waals surface area contributed by atoms with Gasteiger partial charge in [0.05, 0.1) is 10.7 Å². The largest absolute Gasteiger partial charge is 0.312 e. The maximum atomic E-state index is 12.9. The Bertz CT molecular complexity index is 505. The molecule has 0 saturated heterocycles. The molecule has 1 heterocycles. The van der Waals surface area contributed by atoms with Gasteiger partial charge < -0.3 is 5.32 Å². The molecule has 1 aromatic heterocycles. The second-order valence-electron chi connectivity index (χ2n) is 4.06. The Hall–Kier alpha value is -1.33. The molecule has 0 bridgehead atoms. The molecule has 1 N–H and O–H groups in total. The van der Waals surface area contributed by atoms with Crippen molar-refractivity contribution >= 4 is 11.3 Å². The molecule has 0 amide bonds. The molecule has 0 aliphatic carbocycles. The van der Waals surface area contributed by atoms with Crippen LogP contribution in [0.4, 0.5) is 8.78 Å². The molecule has 0 fully saturated rings.